The van der Waals surface area contributed by atoms with E-state index in [1.165, 1.54) is 18.2 Å². The van der Waals surface area contributed by atoms with Crippen molar-refractivity contribution in [2.75, 3.05) is 18.5 Å². The summed E-state index contributed by atoms with van der Waals surface area (Å²) in [5.74, 6) is 0.945. The highest BCUT2D eigenvalue weighted by atomic mass is 32.2. The van der Waals surface area contributed by atoms with Crippen LogP contribution in [0.5, 0.6) is 11.5 Å². The van der Waals surface area contributed by atoms with Gasteiger partial charge in [-0.05, 0) is 62.7 Å². The summed E-state index contributed by atoms with van der Waals surface area (Å²) in [5.41, 5.74) is 0.568. The molecule has 0 atom stereocenters. The van der Waals surface area contributed by atoms with E-state index in [1.807, 2.05) is 6.07 Å². The van der Waals surface area contributed by atoms with Crippen molar-refractivity contribution < 1.29 is 22.7 Å². The molecule has 154 valence electrons. The Balaban J connectivity index is 1.69. The minimum Gasteiger partial charge on any atom is -0.486 e. The molecule has 2 N–H and O–H groups in total. The lowest BCUT2D eigenvalue weighted by Crippen LogP contribution is -2.40. The van der Waals surface area contributed by atoms with Gasteiger partial charge < -0.3 is 14.8 Å². The predicted octanol–water partition coefficient (Wildman–Crippen LogP) is 3.19. The van der Waals surface area contributed by atoms with Crippen molar-refractivity contribution in [3.8, 4) is 11.5 Å². The third-order valence-electron chi connectivity index (χ3n) is 3.85. The number of hydrogen-bond donors (Lipinski definition) is 2. The number of hydrogen-bond acceptors (Lipinski definition) is 5. The molecule has 3 rings (SSSR count). The van der Waals surface area contributed by atoms with Gasteiger partial charge in [-0.3, -0.25) is 4.79 Å². The van der Waals surface area contributed by atoms with Crippen molar-refractivity contribution in [3.05, 3.63) is 54.1 Å². The molecular weight excluding hydrogens is 392 g/mol. The molecule has 1 amide bonds. The fourth-order valence-electron chi connectivity index (χ4n) is 2.72. The molecule has 0 unspecified atom stereocenters. The lowest BCUT2D eigenvalue weighted by atomic mass is 10.1. The van der Waals surface area contributed by atoms with Crippen LogP contribution in [0.15, 0.2) is 53.4 Å². The number of carbonyl (C=O) groups is 1. The molecule has 1 aliphatic heterocycles. The minimum absolute atomic E-state index is 0.0843. The van der Waals surface area contributed by atoms with E-state index in [4.69, 9.17) is 9.47 Å². The second-order valence-electron chi connectivity index (χ2n) is 7.61. The molecule has 0 spiro atoms. The number of benzene rings is 2. The minimum atomic E-state index is -3.69. The van der Waals surface area contributed by atoms with Gasteiger partial charge in [0.05, 0.1) is 4.90 Å². The van der Waals surface area contributed by atoms with Crippen LogP contribution in [0.4, 0.5) is 5.69 Å². The first kappa shape index (κ1) is 20.9. The molecule has 8 heteroatoms. The number of amides is 1. The largest absolute Gasteiger partial charge is 0.486 e. The fraction of sp³-hybridized carbons (Fsp3) is 0.286. The van der Waals surface area contributed by atoms with E-state index in [0.29, 0.717) is 30.4 Å². The van der Waals surface area contributed by atoms with Gasteiger partial charge in [0.25, 0.3) is 0 Å². The molecule has 1 aliphatic rings. The molecule has 0 saturated heterocycles. The zero-order chi connectivity index (χ0) is 21.1. The fourth-order valence-corrected chi connectivity index (χ4v) is 4.19. The molecule has 0 aromatic heterocycles. The van der Waals surface area contributed by atoms with Crippen LogP contribution in [0.2, 0.25) is 0 Å². The van der Waals surface area contributed by atoms with E-state index in [9.17, 15) is 13.2 Å². The molecule has 0 radical (unpaired) electrons. The number of anilines is 1. The van der Waals surface area contributed by atoms with Crippen LogP contribution >= 0.6 is 0 Å². The average Bonchev–Trinajstić information content (AvgIpc) is 2.64. The summed E-state index contributed by atoms with van der Waals surface area (Å²) in [6.45, 7) is 6.30. The standard InChI is InChI=1S/C21H24N2O5S/c1-21(2,3)23-29(25,26)17-6-4-5-16(14-17)22-20(24)10-8-15-7-9-18-19(13-15)28-12-11-27-18/h4-10,13-14,23H,11-12H2,1-3H3,(H,22,24)/b10-8+. The van der Waals surface area contributed by atoms with Crippen molar-refractivity contribution >= 4 is 27.7 Å². The highest BCUT2D eigenvalue weighted by Crippen LogP contribution is 2.31. The molecule has 1 heterocycles. The van der Waals surface area contributed by atoms with E-state index in [0.717, 1.165) is 5.56 Å². The maximum atomic E-state index is 12.5. The van der Waals surface area contributed by atoms with Crippen LogP contribution in [0.3, 0.4) is 0 Å². The van der Waals surface area contributed by atoms with Gasteiger partial charge in [0, 0.05) is 17.3 Å². The van der Waals surface area contributed by atoms with Crippen molar-refractivity contribution in [1.29, 1.82) is 0 Å². The first-order chi connectivity index (χ1) is 13.6. The van der Waals surface area contributed by atoms with Crippen molar-refractivity contribution in [1.82, 2.24) is 4.72 Å². The molecule has 2 aromatic rings. The Morgan fingerprint density at radius 1 is 1.03 bits per heavy atom. The Kier molecular flexibility index (Phi) is 5.95. The molecule has 2 aromatic carbocycles. The lowest BCUT2D eigenvalue weighted by Gasteiger charge is -2.20. The number of ether oxygens (including phenoxy) is 2. The summed E-state index contributed by atoms with van der Waals surface area (Å²) in [6, 6.07) is 11.5. The van der Waals surface area contributed by atoms with Crippen LogP contribution in [0.25, 0.3) is 6.08 Å². The summed E-state index contributed by atoms with van der Waals surface area (Å²) in [5, 5.41) is 2.68. The van der Waals surface area contributed by atoms with Crippen molar-refractivity contribution in [2.45, 2.75) is 31.2 Å². The second-order valence-corrected chi connectivity index (χ2v) is 9.29. The van der Waals surface area contributed by atoms with Crippen LogP contribution in [-0.2, 0) is 14.8 Å². The van der Waals surface area contributed by atoms with Crippen LogP contribution in [0.1, 0.15) is 26.3 Å². The van der Waals surface area contributed by atoms with Gasteiger partial charge in [0.2, 0.25) is 15.9 Å². The van der Waals surface area contributed by atoms with Gasteiger partial charge in [-0.2, -0.15) is 0 Å². The summed E-state index contributed by atoms with van der Waals surface area (Å²) in [4.78, 5) is 12.3. The third-order valence-corrected chi connectivity index (χ3v) is 5.60. The highest BCUT2D eigenvalue weighted by Gasteiger charge is 2.22. The van der Waals surface area contributed by atoms with Gasteiger partial charge in [-0.15, -0.1) is 0 Å². The average molecular weight is 416 g/mol. The summed E-state index contributed by atoms with van der Waals surface area (Å²) in [7, 11) is -3.69. The quantitative estimate of drug-likeness (QED) is 0.730. The normalized spacial score (nSPS) is 14.0. The Morgan fingerprint density at radius 2 is 1.76 bits per heavy atom. The van der Waals surface area contributed by atoms with Gasteiger partial charge in [0.1, 0.15) is 13.2 Å². The molecule has 7 nitrogen and oxygen atoms in total. The van der Waals surface area contributed by atoms with E-state index < -0.39 is 15.6 Å². The van der Waals surface area contributed by atoms with Crippen molar-refractivity contribution in [2.24, 2.45) is 0 Å². The molecule has 29 heavy (non-hydrogen) atoms. The Hall–Kier alpha value is -2.84. The maximum Gasteiger partial charge on any atom is 0.248 e. The zero-order valence-electron chi connectivity index (χ0n) is 16.6. The molecular formula is C21H24N2O5S. The molecule has 0 fully saturated rings. The SMILES string of the molecule is CC(C)(C)NS(=O)(=O)c1cccc(NC(=O)/C=C/c2ccc3c(c2)OCCO3)c1. The number of rotatable bonds is 5. The topological polar surface area (TPSA) is 93.7 Å². The number of carbonyl (C=O) groups excluding carboxylic acids is 1. The van der Waals surface area contributed by atoms with E-state index in [2.05, 4.69) is 10.0 Å². The Morgan fingerprint density at radius 3 is 2.48 bits per heavy atom. The van der Waals surface area contributed by atoms with Crippen LogP contribution < -0.4 is 19.5 Å². The smallest absolute Gasteiger partial charge is 0.248 e. The third kappa shape index (κ3) is 5.82. The van der Waals surface area contributed by atoms with Gasteiger partial charge in [-0.25, -0.2) is 13.1 Å². The van der Waals surface area contributed by atoms with Gasteiger partial charge in [0.15, 0.2) is 11.5 Å². The molecule has 0 saturated carbocycles. The number of fused-ring (bicyclic) bond motifs is 1. The lowest BCUT2D eigenvalue weighted by molar-refractivity contribution is -0.111. The maximum absolute atomic E-state index is 12.5. The number of nitrogens with one attached hydrogen (secondary N) is 2. The van der Waals surface area contributed by atoms with Crippen LogP contribution in [0, 0.1) is 0 Å². The summed E-state index contributed by atoms with van der Waals surface area (Å²) in [6.07, 6.45) is 3.02. The van der Waals surface area contributed by atoms with Crippen LogP contribution in [-0.4, -0.2) is 33.1 Å². The molecule has 0 aliphatic carbocycles. The zero-order valence-corrected chi connectivity index (χ0v) is 17.4. The second kappa shape index (κ2) is 8.26. The van der Waals surface area contributed by atoms with Gasteiger partial charge >= 0.3 is 0 Å². The first-order valence-corrected chi connectivity index (χ1v) is 10.6. The molecule has 0 bridgehead atoms. The first-order valence-electron chi connectivity index (χ1n) is 9.15. The monoisotopic (exact) mass is 416 g/mol. The summed E-state index contributed by atoms with van der Waals surface area (Å²) < 4.78 is 38.5. The Labute approximate surface area is 170 Å². The van der Waals surface area contributed by atoms with Crippen molar-refractivity contribution in [3.63, 3.8) is 0 Å². The number of sulfonamides is 1. The van der Waals surface area contributed by atoms with E-state index in [1.54, 1.807) is 51.1 Å². The predicted molar refractivity (Wildman–Crippen MR) is 112 cm³/mol. The summed E-state index contributed by atoms with van der Waals surface area (Å²) >= 11 is 0. The Bertz CT molecular complexity index is 1040. The van der Waals surface area contributed by atoms with Gasteiger partial charge in [-0.1, -0.05) is 12.1 Å². The van der Waals surface area contributed by atoms with E-state index >= 15 is 0 Å². The highest BCUT2D eigenvalue weighted by molar-refractivity contribution is 7.89. The van der Waals surface area contributed by atoms with E-state index in [-0.39, 0.29) is 10.8 Å².